The highest BCUT2D eigenvalue weighted by Gasteiger charge is 2.16. The molecular formula is C16H22BrNO5. The molecule has 0 radical (unpaired) electrons. The van der Waals surface area contributed by atoms with Gasteiger partial charge in [0.2, 0.25) is 0 Å². The summed E-state index contributed by atoms with van der Waals surface area (Å²) in [7, 11) is 1.55. The number of halogens is 1. The normalized spacial score (nSPS) is 11.6. The van der Waals surface area contributed by atoms with Crippen molar-refractivity contribution in [1.82, 2.24) is 5.32 Å². The van der Waals surface area contributed by atoms with Crippen LogP contribution in [0.3, 0.4) is 0 Å². The Morgan fingerprint density at radius 3 is 2.57 bits per heavy atom. The van der Waals surface area contributed by atoms with E-state index in [9.17, 15) is 9.59 Å². The molecule has 6 nitrogen and oxygen atoms in total. The summed E-state index contributed by atoms with van der Waals surface area (Å²) in [5, 5.41) is 2.61. The maximum Gasteiger partial charge on any atom is 0.306 e. The molecule has 1 atom stereocenters. The molecule has 0 aromatic heterocycles. The van der Waals surface area contributed by atoms with Gasteiger partial charge in [-0.15, -0.1) is 0 Å². The number of benzene rings is 1. The van der Waals surface area contributed by atoms with Crippen LogP contribution in [0.2, 0.25) is 0 Å². The van der Waals surface area contributed by atoms with E-state index in [4.69, 9.17) is 14.2 Å². The average Bonchev–Trinajstić information content (AvgIpc) is 2.53. The van der Waals surface area contributed by atoms with E-state index in [1.807, 2.05) is 24.3 Å². The predicted molar refractivity (Wildman–Crippen MR) is 89.3 cm³/mol. The predicted octanol–water partition coefficient (Wildman–Crippen LogP) is 2.30. The third-order valence-electron chi connectivity index (χ3n) is 2.89. The molecule has 0 bridgehead atoms. The summed E-state index contributed by atoms with van der Waals surface area (Å²) in [6.07, 6.45) is -0.0918. The van der Waals surface area contributed by atoms with Gasteiger partial charge in [0.15, 0.2) is 6.10 Å². The van der Waals surface area contributed by atoms with E-state index < -0.39 is 12.1 Å². The van der Waals surface area contributed by atoms with Crippen molar-refractivity contribution >= 4 is 27.8 Å². The lowest BCUT2D eigenvalue weighted by atomic mass is 10.3. The van der Waals surface area contributed by atoms with Crippen LogP contribution in [0, 0.1) is 0 Å². The van der Waals surface area contributed by atoms with Gasteiger partial charge in [-0.2, -0.15) is 0 Å². The minimum absolute atomic E-state index is 0.201. The van der Waals surface area contributed by atoms with Crippen LogP contribution >= 0.6 is 15.9 Å². The van der Waals surface area contributed by atoms with Crippen LogP contribution in [-0.4, -0.2) is 44.8 Å². The van der Waals surface area contributed by atoms with Gasteiger partial charge in [0.1, 0.15) is 5.75 Å². The van der Waals surface area contributed by atoms with E-state index in [0.29, 0.717) is 26.2 Å². The lowest BCUT2D eigenvalue weighted by Crippen LogP contribution is -2.37. The number of rotatable bonds is 10. The number of carbonyl (C=O) groups is 2. The molecule has 0 heterocycles. The summed E-state index contributed by atoms with van der Waals surface area (Å²) < 4.78 is 16.4. The maximum atomic E-state index is 11.7. The summed E-state index contributed by atoms with van der Waals surface area (Å²) in [4.78, 5) is 23.3. The van der Waals surface area contributed by atoms with Gasteiger partial charge >= 0.3 is 5.97 Å². The molecule has 0 fully saturated rings. The molecule has 1 aromatic rings. The number of hydrogen-bond acceptors (Lipinski definition) is 5. The first kappa shape index (κ1) is 19.4. The molecule has 0 unspecified atom stereocenters. The standard InChI is InChI=1S/C16H22BrNO5/c1-12(16(20)18-9-11-21-2)23-15(19)4-3-10-22-14-7-5-13(17)6-8-14/h5-8,12H,3-4,9-11H2,1-2H3,(H,18,20)/t12-/m0/s1. The van der Waals surface area contributed by atoms with Crippen molar-refractivity contribution in [3.8, 4) is 5.75 Å². The smallest absolute Gasteiger partial charge is 0.306 e. The highest BCUT2D eigenvalue weighted by atomic mass is 79.9. The molecule has 1 N–H and O–H groups in total. The first-order valence-corrected chi connectivity index (χ1v) is 8.16. The van der Waals surface area contributed by atoms with E-state index >= 15 is 0 Å². The molecule has 1 rings (SSSR count). The van der Waals surface area contributed by atoms with E-state index in [2.05, 4.69) is 21.2 Å². The molecular weight excluding hydrogens is 366 g/mol. The quantitative estimate of drug-likeness (QED) is 0.492. The van der Waals surface area contributed by atoms with E-state index in [1.165, 1.54) is 0 Å². The molecule has 0 saturated heterocycles. The Labute approximate surface area is 144 Å². The molecule has 1 aromatic carbocycles. The Kier molecular flexibility index (Phi) is 9.31. The van der Waals surface area contributed by atoms with Crippen molar-refractivity contribution in [3.63, 3.8) is 0 Å². The number of hydrogen-bond donors (Lipinski definition) is 1. The van der Waals surface area contributed by atoms with Gasteiger partial charge in [-0.3, -0.25) is 9.59 Å². The van der Waals surface area contributed by atoms with Crippen LogP contribution in [0.15, 0.2) is 28.7 Å². The second-order valence-electron chi connectivity index (χ2n) is 4.82. The molecule has 0 aliphatic carbocycles. The first-order valence-electron chi connectivity index (χ1n) is 7.37. The van der Waals surface area contributed by atoms with E-state index in [-0.39, 0.29) is 12.3 Å². The number of amides is 1. The van der Waals surface area contributed by atoms with Crippen LogP contribution in [-0.2, 0) is 19.1 Å². The zero-order chi connectivity index (χ0) is 17.1. The van der Waals surface area contributed by atoms with Gasteiger partial charge in [-0.05, 0) is 37.6 Å². The molecule has 128 valence electrons. The van der Waals surface area contributed by atoms with Crippen LogP contribution in [0.4, 0.5) is 0 Å². The summed E-state index contributed by atoms with van der Waals surface area (Å²) in [5.41, 5.74) is 0. The summed E-state index contributed by atoms with van der Waals surface area (Å²) in [5.74, 6) is -0.00670. The number of carbonyl (C=O) groups excluding carboxylic acids is 2. The van der Waals surface area contributed by atoms with Crippen molar-refractivity contribution in [1.29, 1.82) is 0 Å². The van der Waals surface area contributed by atoms with E-state index in [0.717, 1.165) is 10.2 Å². The highest BCUT2D eigenvalue weighted by Crippen LogP contribution is 2.16. The van der Waals surface area contributed by atoms with Crippen molar-refractivity contribution in [2.75, 3.05) is 26.9 Å². The Morgan fingerprint density at radius 2 is 1.91 bits per heavy atom. The minimum atomic E-state index is -0.813. The van der Waals surface area contributed by atoms with Crippen LogP contribution < -0.4 is 10.1 Å². The fourth-order valence-electron chi connectivity index (χ4n) is 1.67. The molecule has 1 amide bonds. The van der Waals surface area contributed by atoms with Gasteiger partial charge in [-0.1, -0.05) is 15.9 Å². The van der Waals surface area contributed by atoms with Gasteiger partial charge in [0.05, 0.1) is 13.2 Å². The molecule has 0 saturated carbocycles. The Bertz CT molecular complexity index is 492. The Morgan fingerprint density at radius 1 is 1.22 bits per heavy atom. The number of methoxy groups -OCH3 is 1. The second-order valence-corrected chi connectivity index (χ2v) is 5.74. The fraction of sp³-hybridized carbons (Fsp3) is 0.500. The van der Waals surface area contributed by atoms with Gasteiger partial charge in [0, 0.05) is 24.5 Å². The van der Waals surface area contributed by atoms with Crippen LogP contribution in [0.25, 0.3) is 0 Å². The number of esters is 1. The van der Waals surface area contributed by atoms with Crippen LogP contribution in [0.1, 0.15) is 19.8 Å². The molecule has 7 heteroatoms. The van der Waals surface area contributed by atoms with Gasteiger partial charge in [-0.25, -0.2) is 0 Å². The van der Waals surface area contributed by atoms with Crippen molar-refractivity contribution in [2.45, 2.75) is 25.9 Å². The van der Waals surface area contributed by atoms with Crippen molar-refractivity contribution in [3.05, 3.63) is 28.7 Å². The Hall–Kier alpha value is -1.60. The lowest BCUT2D eigenvalue weighted by Gasteiger charge is -2.13. The third kappa shape index (κ3) is 8.56. The molecule has 0 spiro atoms. The minimum Gasteiger partial charge on any atom is -0.494 e. The molecule has 0 aliphatic rings. The zero-order valence-electron chi connectivity index (χ0n) is 13.3. The highest BCUT2D eigenvalue weighted by molar-refractivity contribution is 9.10. The van der Waals surface area contributed by atoms with E-state index in [1.54, 1.807) is 14.0 Å². The summed E-state index contributed by atoms with van der Waals surface area (Å²) in [6.45, 7) is 2.75. The summed E-state index contributed by atoms with van der Waals surface area (Å²) in [6, 6.07) is 7.45. The zero-order valence-corrected chi connectivity index (χ0v) is 14.9. The largest absolute Gasteiger partial charge is 0.494 e. The third-order valence-corrected chi connectivity index (χ3v) is 3.42. The lowest BCUT2D eigenvalue weighted by molar-refractivity contribution is -0.155. The molecule has 23 heavy (non-hydrogen) atoms. The molecule has 0 aliphatic heterocycles. The second kappa shape index (κ2) is 11.0. The first-order chi connectivity index (χ1) is 11.0. The Balaban J connectivity index is 2.15. The van der Waals surface area contributed by atoms with Gasteiger partial charge in [0.25, 0.3) is 5.91 Å². The van der Waals surface area contributed by atoms with Crippen LogP contribution in [0.5, 0.6) is 5.75 Å². The maximum absolute atomic E-state index is 11.7. The topological polar surface area (TPSA) is 73.9 Å². The monoisotopic (exact) mass is 387 g/mol. The number of ether oxygens (including phenoxy) is 3. The average molecular weight is 388 g/mol. The van der Waals surface area contributed by atoms with Gasteiger partial charge < -0.3 is 19.5 Å². The van der Waals surface area contributed by atoms with Crippen molar-refractivity contribution < 1.29 is 23.8 Å². The van der Waals surface area contributed by atoms with Crippen molar-refractivity contribution in [2.24, 2.45) is 0 Å². The number of nitrogens with one attached hydrogen (secondary N) is 1. The SMILES string of the molecule is COCCNC(=O)[C@H](C)OC(=O)CCCOc1ccc(Br)cc1. The summed E-state index contributed by atoms with van der Waals surface area (Å²) >= 11 is 3.34. The fourth-order valence-corrected chi connectivity index (χ4v) is 1.93.